The maximum Gasteiger partial charge on any atom is 0.248 e. The molecule has 0 spiro atoms. The van der Waals surface area contributed by atoms with Crippen LogP contribution in [-0.2, 0) is 6.42 Å². The first-order valence-corrected chi connectivity index (χ1v) is 10.3. The molecule has 7 nitrogen and oxygen atoms in total. The Kier molecular flexibility index (Phi) is 5.90. The molecule has 0 saturated carbocycles. The number of aromatic nitrogens is 2. The van der Waals surface area contributed by atoms with Gasteiger partial charge < -0.3 is 24.7 Å². The highest BCUT2D eigenvalue weighted by molar-refractivity contribution is 5.97. The number of pyridine rings is 1. The lowest BCUT2D eigenvalue weighted by Gasteiger charge is -2.33. The fraction of sp³-hybridized carbons (Fsp3) is 0.391. The van der Waals surface area contributed by atoms with Crippen molar-refractivity contribution in [3.8, 4) is 11.6 Å². The highest BCUT2D eigenvalue weighted by Crippen LogP contribution is 2.30. The van der Waals surface area contributed by atoms with Crippen LogP contribution >= 0.6 is 0 Å². The van der Waals surface area contributed by atoms with E-state index in [1.165, 1.54) is 0 Å². The Balaban J connectivity index is 1.41. The predicted molar refractivity (Wildman–Crippen MR) is 116 cm³/mol. The molecule has 0 atom stereocenters. The number of carbonyl (C=O) groups is 1. The number of ether oxygens (including phenoxy) is 2. The van der Waals surface area contributed by atoms with E-state index in [0.717, 1.165) is 61.1 Å². The van der Waals surface area contributed by atoms with Crippen LogP contribution < -0.4 is 15.2 Å². The van der Waals surface area contributed by atoms with Gasteiger partial charge >= 0.3 is 0 Å². The summed E-state index contributed by atoms with van der Waals surface area (Å²) in [6, 6.07) is 10.1. The number of nitrogens with two attached hydrogens (primary N) is 1. The lowest BCUT2D eigenvalue weighted by atomic mass is 10.0. The van der Waals surface area contributed by atoms with Gasteiger partial charge in [-0.1, -0.05) is 6.07 Å². The Morgan fingerprint density at radius 2 is 1.97 bits per heavy atom. The highest BCUT2D eigenvalue weighted by atomic mass is 16.5. The van der Waals surface area contributed by atoms with E-state index in [2.05, 4.69) is 26.7 Å². The average molecular weight is 409 g/mol. The third kappa shape index (κ3) is 3.98. The number of rotatable bonds is 7. The maximum atomic E-state index is 11.6. The van der Waals surface area contributed by atoms with Gasteiger partial charge in [0.15, 0.2) is 0 Å². The zero-order chi connectivity index (χ0) is 21.1. The largest absolute Gasteiger partial charge is 0.496 e. The van der Waals surface area contributed by atoms with Crippen molar-refractivity contribution < 1.29 is 14.3 Å². The van der Waals surface area contributed by atoms with Gasteiger partial charge in [-0.05, 0) is 48.9 Å². The van der Waals surface area contributed by atoms with Crippen molar-refractivity contribution in [3.63, 3.8) is 0 Å². The summed E-state index contributed by atoms with van der Waals surface area (Å²) in [6.45, 7) is 2.97. The van der Waals surface area contributed by atoms with Gasteiger partial charge in [-0.3, -0.25) is 4.79 Å². The minimum atomic E-state index is -0.388. The molecule has 7 heteroatoms. The summed E-state index contributed by atoms with van der Waals surface area (Å²) < 4.78 is 13.2. The van der Waals surface area contributed by atoms with E-state index in [1.54, 1.807) is 26.5 Å². The Hall–Kier alpha value is -3.06. The molecule has 1 amide bonds. The second kappa shape index (κ2) is 8.75. The van der Waals surface area contributed by atoms with E-state index in [-0.39, 0.29) is 5.91 Å². The third-order valence-electron chi connectivity index (χ3n) is 6.02. The molecule has 0 bridgehead atoms. The van der Waals surface area contributed by atoms with E-state index in [0.29, 0.717) is 17.5 Å². The van der Waals surface area contributed by atoms with Crippen molar-refractivity contribution in [2.75, 3.05) is 33.9 Å². The van der Waals surface area contributed by atoms with Gasteiger partial charge in [-0.15, -0.1) is 0 Å². The molecule has 0 radical (unpaired) electrons. The summed E-state index contributed by atoms with van der Waals surface area (Å²) >= 11 is 0. The Morgan fingerprint density at radius 3 is 2.67 bits per heavy atom. The standard InChI is InChI=1S/C23H28N4O3/c1-29-21-5-10-25-23(30-2)19(21)9-13-26-11-7-18(8-12-26)27-14-6-16-3-4-17(22(24)28)15-20(16)27/h3-6,10,14-15,18H,7-9,11-13H2,1-2H3,(H2,24,28). The topological polar surface area (TPSA) is 82.6 Å². The molecule has 0 unspecified atom stereocenters. The first-order valence-electron chi connectivity index (χ1n) is 10.3. The molecule has 3 heterocycles. The fourth-order valence-corrected chi connectivity index (χ4v) is 4.37. The van der Waals surface area contributed by atoms with Crippen LogP contribution in [0.4, 0.5) is 0 Å². The molecule has 1 aliphatic heterocycles. The Bertz CT molecular complexity index is 1020. The molecule has 1 aliphatic rings. The summed E-state index contributed by atoms with van der Waals surface area (Å²) in [5, 5.41) is 1.14. The average Bonchev–Trinajstić information content (AvgIpc) is 3.21. The molecule has 1 fully saturated rings. The second-order valence-electron chi connectivity index (χ2n) is 7.68. The van der Waals surface area contributed by atoms with Crippen molar-refractivity contribution in [2.24, 2.45) is 5.73 Å². The van der Waals surface area contributed by atoms with Gasteiger partial charge in [0, 0.05) is 49.1 Å². The fourth-order valence-electron chi connectivity index (χ4n) is 4.37. The van der Waals surface area contributed by atoms with E-state index in [1.807, 2.05) is 18.2 Å². The predicted octanol–water partition coefficient (Wildman–Crippen LogP) is 3.03. The number of likely N-dealkylation sites (tertiary alicyclic amines) is 1. The van der Waals surface area contributed by atoms with Gasteiger partial charge in [0.25, 0.3) is 0 Å². The lowest BCUT2D eigenvalue weighted by molar-refractivity contribution is 0.100. The summed E-state index contributed by atoms with van der Waals surface area (Å²) in [5.41, 5.74) is 8.11. The third-order valence-corrected chi connectivity index (χ3v) is 6.02. The van der Waals surface area contributed by atoms with Crippen molar-refractivity contribution in [3.05, 3.63) is 53.9 Å². The Labute approximate surface area is 176 Å². The molecule has 3 aromatic rings. The lowest BCUT2D eigenvalue weighted by Crippen LogP contribution is -2.36. The van der Waals surface area contributed by atoms with Crippen molar-refractivity contribution >= 4 is 16.8 Å². The first kappa shape index (κ1) is 20.2. The molecular formula is C23H28N4O3. The van der Waals surface area contributed by atoms with Crippen LogP contribution in [0.2, 0.25) is 0 Å². The molecule has 2 N–H and O–H groups in total. The highest BCUT2D eigenvalue weighted by Gasteiger charge is 2.22. The van der Waals surface area contributed by atoms with E-state index >= 15 is 0 Å². The summed E-state index contributed by atoms with van der Waals surface area (Å²) in [5.74, 6) is 1.06. The minimum absolute atomic E-state index is 0.388. The normalized spacial score (nSPS) is 15.4. The van der Waals surface area contributed by atoms with Crippen molar-refractivity contribution in [2.45, 2.75) is 25.3 Å². The monoisotopic (exact) mass is 408 g/mol. The first-order chi connectivity index (χ1) is 14.6. The molecule has 1 aromatic carbocycles. The number of primary amides is 1. The number of hydrogen-bond acceptors (Lipinski definition) is 5. The number of methoxy groups -OCH3 is 2. The van der Waals surface area contributed by atoms with E-state index < -0.39 is 0 Å². The molecule has 1 saturated heterocycles. The number of amides is 1. The van der Waals surface area contributed by atoms with Gasteiger partial charge in [-0.25, -0.2) is 4.98 Å². The van der Waals surface area contributed by atoms with Crippen LogP contribution in [0, 0.1) is 0 Å². The van der Waals surface area contributed by atoms with Crippen molar-refractivity contribution in [1.29, 1.82) is 0 Å². The van der Waals surface area contributed by atoms with Gasteiger partial charge in [0.1, 0.15) is 5.75 Å². The summed E-state index contributed by atoms with van der Waals surface area (Å²) in [6.07, 6.45) is 6.79. The van der Waals surface area contributed by atoms with Crippen molar-refractivity contribution in [1.82, 2.24) is 14.5 Å². The number of benzene rings is 1. The van der Waals surface area contributed by atoms with Gasteiger partial charge in [0.05, 0.1) is 19.8 Å². The maximum absolute atomic E-state index is 11.6. The molecule has 158 valence electrons. The number of nitrogens with zero attached hydrogens (tertiary/aromatic N) is 3. The summed E-state index contributed by atoms with van der Waals surface area (Å²) in [4.78, 5) is 18.3. The van der Waals surface area contributed by atoms with Crippen LogP contribution in [-0.4, -0.2) is 54.2 Å². The molecular weight excluding hydrogens is 380 g/mol. The van der Waals surface area contributed by atoms with Crippen LogP contribution in [0.1, 0.15) is 34.8 Å². The van der Waals surface area contributed by atoms with Crippen LogP contribution in [0.15, 0.2) is 42.7 Å². The molecule has 0 aliphatic carbocycles. The molecule has 30 heavy (non-hydrogen) atoms. The SMILES string of the molecule is COc1ccnc(OC)c1CCN1CCC(n2ccc3ccc(C(N)=O)cc32)CC1. The zero-order valence-corrected chi connectivity index (χ0v) is 17.5. The number of piperidine rings is 1. The second-order valence-corrected chi connectivity index (χ2v) is 7.68. The smallest absolute Gasteiger partial charge is 0.248 e. The Morgan fingerprint density at radius 1 is 1.17 bits per heavy atom. The zero-order valence-electron chi connectivity index (χ0n) is 17.5. The quantitative estimate of drug-likeness (QED) is 0.650. The minimum Gasteiger partial charge on any atom is -0.496 e. The van der Waals surface area contributed by atoms with Gasteiger partial charge in [-0.2, -0.15) is 0 Å². The summed E-state index contributed by atoms with van der Waals surface area (Å²) in [7, 11) is 3.32. The van der Waals surface area contributed by atoms with Crippen LogP contribution in [0.5, 0.6) is 11.6 Å². The van der Waals surface area contributed by atoms with Crippen LogP contribution in [0.3, 0.4) is 0 Å². The number of fused-ring (bicyclic) bond motifs is 1. The molecule has 4 rings (SSSR count). The van der Waals surface area contributed by atoms with Gasteiger partial charge in [0.2, 0.25) is 11.8 Å². The van der Waals surface area contributed by atoms with E-state index in [9.17, 15) is 4.79 Å². The number of hydrogen-bond donors (Lipinski definition) is 1. The molecule has 2 aromatic heterocycles. The van der Waals surface area contributed by atoms with E-state index in [4.69, 9.17) is 15.2 Å². The van der Waals surface area contributed by atoms with Crippen LogP contribution in [0.25, 0.3) is 10.9 Å². The number of carbonyl (C=O) groups excluding carboxylic acids is 1.